The largest absolute Gasteiger partial charge is 0.381 e. The number of rotatable bonds is 8. The first kappa shape index (κ1) is 12.5. The summed E-state index contributed by atoms with van der Waals surface area (Å²) in [5.74, 6) is 0.684. The normalized spacial score (nSPS) is 17.5. The molecule has 4 nitrogen and oxygen atoms in total. The molecule has 15 heavy (non-hydrogen) atoms. The van der Waals surface area contributed by atoms with Gasteiger partial charge >= 0.3 is 0 Å². The Morgan fingerprint density at radius 1 is 1.53 bits per heavy atom. The molecule has 1 fully saturated rings. The van der Waals surface area contributed by atoms with Crippen molar-refractivity contribution in [3.8, 4) is 0 Å². The first-order chi connectivity index (χ1) is 7.24. The van der Waals surface area contributed by atoms with Gasteiger partial charge in [0.2, 0.25) is 5.91 Å². The van der Waals surface area contributed by atoms with E-state index in [1.165, 1.54) is 12.8 Å². The average molecular weight is 214 g/mol. The Morgan fingerprint density at radius 2 is 2.27 bits per heavy atom. The number of amides is 1. The van der Waals surface area contributed by atoms with Gasteiger partial charge in [0.15, 0.2) is 0 Å². The van der Waals surface area contributed by atoms with Crippen LogP contribution in [0.3, 0.4) is 0 Å². The van der Waals surface area contributed by atoms with Crippen molar-refractivity contribution in [3.05, 3.63) is 0 Å². The van der Waals surface area contributed by atoms with Crippen LogP contribution in [0, 0.1) is 5.92 Å². The van der Waals surface area contributed by atoms with Crippen LogP contribution in [0.1, 0.15) is 32.6 Å². The van der Waals surface area contributed by atoms with Gasteiger partial charge in [-0.3, -0.25) is 4.79 Å². The third kappa shape index (κ3) is 5.74. The van der Waals surface area contributed by atoms with Crippen molar-refractivity contribution in [2.75, 3.05) is 19.8 Å². The maximum Gasteiger partial charge on any atom is 0.222 e. The summed E-state index contributed by atoms with van der Waals surface area (Å²) < 4.78 is 5.23. The summed E-state index contributed by atoms with van der Waals surface area (Å²) in [5.41, 5.74) is 5.86. The van der Waals surface area contributed by atoms with E-state index in [2.05, 4.69) is 12.2 Å². The molecule has 0 aromatic rings. The van der Waals surface area contributed by atoms with Gasteiger partial charge in [-0.25, -0.2) is 0 Å². The van der Waals surface area contributed by atoms with Gasteiger partial charge in [0.05, 0.1) is 6.61 Å². The lowest BCUT2D eigenvalue weighted by Gasteiger charge is -2.11. The lowest BCUT2D eigenvalue weighted by Crippen LogP contribution is -2.38. The molecule has 0 radical (unpaired) electrons. The van der Waals surface area contributed by atoms with Crippen molar-refractivity contribution in [2.45, 2.75) is 38.6 Å². The smallest absolute Gasteiger partial charge is 0.222 e. The van der Waals surface area contributed by atoms with Crippen molar-refractivity contribution in [1.82, 2.24) is 5.32 Å². The molecule has 1 aliphatic rings. The molecule has 0 saturated heterocycles. The van der Waals surface area contributed by atoms with E-state index >= 15 is 0 Å². The van der Waals surface area contributed by atoms with Crippen LogP contribution in [-0.2, 0) is 9.53 Å². The van der Waals surface area contributed by atoms with Gasteiger partial charge < -0.3 is 15.8 Å². The number of carbonyl (C=O) groups excluding carboxylic acids is 1. The van der Waals surface area contributed by atoms with E-state index in [0.29, 0.717) is 25.5 Å². The van der Waals surface area contributed by atoms with Gasteiger partial charge in [-0.1, -0.05) is 6.92 Å². The van der Waals surface area contributed by atoms with E-state index in [4.69, 9.17) is 10.5 Å². The second-order valence-electron chi connectivity index (χ2n) is 4.17. The van der Waals surface area contributed by atoms with Gasteiger partial charge in [-0.05, 0) is 25.2 Å². The van der Waals surface area contributed by atoms with E-state index in [1.807, 2.05) is 0 Å². The number of ether oxygens (including phenoxy) is 1. The molecule has 1 unspecified atom stereocenters. The molecule has 1 rings (SSSR count). The molecule has 1 amide bonds. The summed E-state index contributed by atoms with van der Waals surface area (Å²) in [6.45, 7) is 3.90. The number of nitrogens with one attached hydrogen (secondary N) is 1. The van der Waals surface area contributed by atoms with Crippen LogP contribution in [0.25, 0.3) is 0 Å². The SMILES string of the molecule is CCCOCCC(=O)NCC(N)C1CC1. The van der Waals surface area contributed by atoms with Gasteiger partial charge in [0, 0.05) is 25.6 Å². The molecule has 0 heterocycles. The fraction of sp³-hybridized carbons (Fsp3) is 0.909. The number of carbonyl (C=O) groups is 1. The lowest BCUT2D eigenvalue weighted by molar-refractivity contribution is -0.122. The Morgan fingerprint density at radius 3 is 2.87 bits per heavy atom. The summed E-state index contributed by atoms with van der Waals surface area (Å²) >= 11 is 0. The minimum absolute atomic E-state index is 0.0437. The molecule has 1 atom stereocenters. The van der Waals surface area contributed by atoms with Crippen molar-refractivity contribution in [3.63, 3.8) is 0 Å². The molecule has 1 aliphatic carbocycles. The zero-order valence-corrected chi connectivity index (χ0v) is 9.50. The summed E-state index contributed by atoms with van der Waals surface area (Å²) in [4.78, 5) is 11.3. The molecule has 3 N–H and O–H groups in total. The van der Waals surface area contributed by atoms with Gasteiger partial charge in [-0.2, -0.15) is 0 Å². The monoisotopic (exact) mass is 214 g/mol. The fourth-order valence-electron chi connectivity index (χ4n) is 1.42. The highest BCUT2D eigenvalue weighted by Gasteiger charge is 2.28. The molecule has 1 saturated carbocycles. The topological polar surface area (TPSA) is 64.3 Å². The predicted molar refractivity (Wildman–Crippen MR) is 59.4 cm³/mol. The Hall–Kier alpha value is -0.610. The Balaban J connectivity index is 1.93. The molecule has 88 valence electrons. The van der Waals surface area contributed by atoms with Crippen molar-refractivity contribution in [2.24, 2.45) is 11.7 Å². The molecular formula is C11H22N2O2. The van der Waals surface area contributed by atoms with Crippen molar-refractivity contribution < 1.29 is 9.53 Å². The van der Waals surface area contributed by atoms with Crippen LogP contribution in [0.5, 0.6) is 0 Å². The molecule has 4 heteroatoms. The quantitative estimate of drug-likeness (QED) is 0.583. The third-order valence-corrected chi connectivity index (χ3v) is 2.58. The molecule has 0 aromatic heterocycles. The second-order valence-corrected chi connectivity index (χ2v) is 4.17. The van der Waals surface area contributed by atoms with Gasteiger partial charge in [0.25, 0.3) is 0 Å². The maximum absolute atomic E-state index is 11.3. The van der Waals surface area contributed by atoms with E-state index < -0.39 is 0 Å². The van der Waals surface area contributed by atoms with E-state index in [9.17, 15) is 4.79 Å². The summed E-state index contributed by atoms with van der Waals surface area (Å²) in [6, 6.07) is 0.144. The summed E-state index contributed by atoms with van der Waals surface area (Å²) in [6.07, 6.45) is 3.87. The van der Waals surface area contributed by atoms with Crippen LogP contribution >= 0.6 is 0 Å². The molecule has 0 aliphatic heterocycles. The molecule has 0 aromatic carbocycles. The second kappa shape index (κ2) is 6.80. The van der Waals surface area contributed by atoms with Crippen LogP contribution in [0.2, 0.25) is 0 Å². The zero-order chi connectivity index (χ0) is 11.1. The van der Waals surface area contributed by atoms with E-state index in [1.54, 1.807) is 0 Å². The number of hydrogen-bond acceptors (Lipinski definition) is 3. The highest BCUT2D eigenvalue weighted by Crippen LogP contribution is 2.31. The number of nitrogens with two attached hydrogens (primary N) is 1. The first-order valence-corrected chi connectivity index (χ1v) is 5.84. The van der Waals surface area contributed by atoms with Crippen molar-refractivity contribution >= 4 is 5.91 Å². The van der Waals surface area contributed by atoms with Crippen LogP contribution < -0.4 is 11.1 Å². The van der Waals surface area contributed by atoms with Crippen molar-refractivity contribution in [1.29, 1.82) is 0 Å². The molecule has 0 bridgehead atoms. The minimum Gasteiger partial charge on any atom is -0.381 e. The maximum atomic E-state index is 11.3. The Labute approximate surface area is 91.5 Å². The van der Waals surface area contributed by atoms with E-state index in [0.717, 1.165) is 13.0 Å². The molecule has 0 spiro atoms. The lowest BCUT2D eigenvalue weighted by atomic mass is 10.2. The highest BCUT2D eigenvalue weighted by molar-refractivity contribution is 5.75. The Kier molecular flexibility index (Phi) is 5.65. The minimum atomic E-state index is 0.0437. The standard InChI is InChI=1S/C11H22N2O2/c1-2-6-15-7-5-11(14)13-8-10(12)9-3-4-9/h9-10H,2-8,12H2,1H3,(H,13,14). The van der Waals surface area contributed by atoms with Crippen LogP contribution in [0.4, 0.5) is 0 Å². The third-order valence-electron chi connectivity index (χ3n) is 2.58. The summed E-state index contributed by atoms with van der Waals surface area (Å²) in [5, 5.41) is 2.84. The zero-order valence-electron chi connectivity index (χ0n) is 9.50. The fourth-order valence-corrected chi connectivity index (χ4v) is 1.42. The van der Waals surface area contributed by atoms with Gasteiger partial charge in [-0.15, -0.1) is 0 Å². The Bertz CT molecular complexity index is 193. The highest BCUT2D eigenvalue weighted by atomic mass is 16.5. The van der Waals surface area contributed by atoms with Crippen LogP contribution in [-0.4, -0.2) is 31.7 Å². The van der Waals surface area contributed by atoms with Crippen LogP contribution in [0.15, 0.2) is 0 Å². The first-order valence-electron chi connectivity index (χ1n) is 5.84. The average Bonchev–Trinajstić information content (AvgIpc) is 3.04. The summed E-state index contributed by atoms with van der Waals surface area (Å²) in [7, 11) is 0. The number of hydrogen-bond donors (Lipinski definition) is 2. The van der Waals surface area contributed by atoms with Gasteiger partial charge in [0.1, 0.15) is 0 Å². The predicted octanol–water partition coefficient (Wildman–Crippen LogP) is 0.657. The van der Waals surface area contributed by atoms with E-state index in [-0.39, 0.29) is 11.9 Å². The molecular weight excluding hydrogens is 192 g/mol.